The molecule has 0 fully saturated rings. The molecule has 2 amide bonds. The van der Waals surface area contributed by atoms with Gasteiger partial charge in [0.2, 0.25) is 5.91 Å². The van der Waals surface area contributed by atoms with Crippen LogP contribution in [0.3, 0.4) is 0 Å². The lowest BCUT2D eigenvalue weighted by Crippen LogP contribution is -2.35. The highest BCUT2D eigenvalue weighted by atomic mass is 16.2. The van der Waals surface area contributed by atoms with Crippen LogP contribution in [0, 0.1) is 0 Å². The van der Waals surface area contributed by atoms with Crippen molar-refractivity contribution < 1.29 is 9.59 Å². The Morgan fingerprint density at radius 1 is 1.19 bits per heavy atom. The summed E-state index contributed by atoms with van der Waals surface area (Å²) in [6.07, 6.45) is 0. The van der Waals surface area contributed by atoms with Crippen LogP contribution < -0.4 is 16.0 Å². The van der Waals surface area contributed by atoms with Gasteiger partial charge in [-0.25, -0.2) is 0 Å². The van der Waals surface area contributed by atoms with Crippen molar-refractivity contribution in [3.8, 4) is 0 Å². The molecule has 0 aliphatic carbocycles. The van der Waals surface area contributed by atoms with Crippen LogP contribution in [0.2, 0.25) is 0 Å². The molecule has 0 spiro atoms. The number of carbonyl (C=O) groups excluding carboxylic acids is 2. The number of nitrogens with one attached hydrogen (secondary N) is 3. The molecule has 1 aromatic rings. The summed E-state index contributed by atoms with van der Waals surface area (Å²) in [6, 6.07) is 7.11. The van der Waals surface area contributed by atoms with E-state index < -0.39 is 0 Å². The predicted molar refractivity (Wildman–Crippen MR) is 62.4 cm³/mol. The zero-order valence-electron chi connectivity index (χ0n) is 9.33. The molecule has 0 aliphatic rings. The van der Waals surface area contributed by atoms with Gasteiger partial charge >= 0.3 is 0 Å². The lowest BCUT2D eigenvalue weighted by atomic mass is 10.1. The molecule has 0 aromatic heterocycles. The van der Waals surface area contributed by atoms with Crippen LogP contribution in [0.1, 0.15) is 10.4 Å². The summed E-state index contributed by atoms with van der Waals surface area (Å²) in [5.41, 5.74) is 1.26. The molecule has 5 nitrogen and oxygen atoms in total. The maximum Gasteiger partial charge on any atom is 0.253 e. The van der Waals surface area contributed by atoms with Gasteiger partial charge in [0.05, 0.1) is 12.1 Å². The highest BCUT2D eigenvalue weighted by Gasteiger charge is 2.10. The second kappa shape index (κ2) is 5.75. The van der Waals surface area contributed by atoms with Gasteiger partial charge in [-0.2, -0.15) is 0 Å². The molecule has 0 bridgehead atoms. The van der Waals surface area contributed by atoms with Crippen LogP contribution in [0.4, 0.5) is 5.69 Å². The Kier molecular flexibility index (Phi) is 4.32. The largest absolute Gasteiger partial charge is 0.387 e. The Balaban J connectivity index is 2.69. The van der Waals surface area contributed by atoms with Crippen molar-refractivity contribution in [2.45, 2.75) is 0 Å². The van der Waals surface area contributed by atoms with Crippen molar-refractivity contribution >= 4 is 17.5 Å². The number of likely N-dealkylation sites (N-methyl/N-ethyl adjacent to an activating group) is 1. The SMILES string of the molecule is CNC(=O)CNC(=O)c1ccccc1NC. The standard InChI is InChI=1S/C11H15N3O2/c1-12-9-6-4-3-5-8(9)11(16)14-7-10(15)13-2/h3-6,12H,7H2,1-2H3,(H,13,15)(H,14,16). The van der Waals surface area contributed by atoms with Crippen molar-refractivity contribution in [2.24, 2.45) is 0 Å². The number of amides is 2. The lowest BCUT2D eigenvalue weighted by molar-refractivity contribution is -0.119. The summed E-state index contributed by atoms with van der Waals surface area (Å²) >= 11 is 0. The molecule has 0 heterocycles. The van der Waals surface area contributed by atoms with Gasteiger partial charge in [-0.1, -0.05) is 12.1 Å². The smallest absolute Gasteiger partial charge is 0.253 e. The van der Waals surface area contributed by atoms with Gasteiger partial charge in [-0.05, 0) is 12.1 Å². The first-order chi connectivity index (χ1) is 7.69. The summed E-state index contributed by atoms with van der Waals surface area (Å²) in [5.74, 6) is -0.496. The summed E-state index contributed by atoms with van der Waals surface area (Å²) in [6.45, 7) is -0.0205. The zero-order chi connectivity index (χ0) is 12.0. The van der Waals surface area contributed by atoms with Crippen LogP contribution in [0.15, 0.2) is 24.3 Å². The van der Waals surface area contributed by atoms with E-state index in [0.29, 0.717) is 5.56 Å². The second-order valence-electron chi connectivity index (χ2n) is 3.15. The van der Waals surface area contributed by atoms with Gasteiger partial charge in [-0.3, -0.25) is 9.59 Å². The van der Waals surface area contributed by atoms with Gasteiger partial charge in [0.1, 0.15) is 0 Å². The van der Waals surface area contributed by atoms with Crippen LogP contribution in [-0.4, -0.2) is 32.5 Å². The van der Waals surface area contributed by atoms with E-state index in [4.69, 9.17) is 0 Å². The average molecular weight is 221 g/mol. The van der Waals surface area contributed by atoms with Crippen LogP contribution in [0.25, 0.3) is 0 Å². The highest BCUT2D eigenvalue weighted by molar-refractivity contribution is 6.01. The van der Waals surface area contributed by atoms with Gasteiger partial charge in [0, 0.05) is 19.8 Å². The summed E-state index contributed by atoms with van der Waals surface area (Å²) in [4.78, 5) is 22.7. The minimum Gasteiger partial charge on any atom is -0.387 e. The highest BCUT2D eigenvalue weighted by Crippen LogP contribution is 2.13. The molecule has 0 atom stereocenters. The normalized spacial score (nSPS) is 9.38. The fourth-order valence-electron chi connectivity index (χ4n) is 1.24. The third-order valence-corrected chi connectivity index (χ3v) is 2.13. The molecule has 0 aliphatic heterocycles. The van der Waals surface area contributed by atoms with E-state index in [0.717, 1.165) is 5.69 Å². The van der Waals surface area contributed by atoms with E-state index in [1.807, 2.05) is 6.07 Å². The van der Waals surface area contributed by atoms with E-state index in [9.17, 15) is 9.59 Å². The molecule has 0 saturated heterocycles. The van der Waals surface area contributed by atoms with Crippen molar-refractivity contribution in [3.63, 3.8) is 0 Å². The Morgan fingerprint density at radius 3 is 2.50 bits per heavy atom. The fraction of sp³-hybridized carbons (Fsp3) is 0.273. The Bertz CT molecular complexity index is 391. The molecular weight excluding hydrogens is 206 g/mol. The van der Waals surface area contributed by atoms with Crippen LogP contribution in [-0.2, 0) is 4.79 Å². The topological polar surface area (TPSA) is 70.2 Å². The maximum atomic E-state index is 11.7. The summed E-state index contributed by atoms with van der Waals surface area (Å²) < 4.78 is 0. The number of rotatable bonds is 4. The van der Waals surface area contributed by atoms with E-state index in [2.05, 4.69) is 16.0 Å². The van der Waals surface area contributed by atoms with E-state index in [1.54, 1.807) is 25.2 Å². The van der Waals surface area contributed by atoms with Gasteiger partial charge in [-0.15, -0.1) is 0 Å². The average Bonchev–Trinajstić information content (AvgIpc) is 2.35. The van der Waals surface area contributed by atoms with E-state index >= 15 is 0 Å². The van der Waals surface area contributed by atoms with Crippen molar-refractivity contribution in [1.29, 1.82) is 0 Å². The molecule has 0 unspecified atom stereocenters. The molecule has 0 radical (unpaired) electrons. The Morgan fingerprint density at radius 2 is 1.88 bits per heavy atom. The number of benzene rings is 1. The van der Waals surface area contributed by atoms with Crippen molar-refractivity contribution in [1.82, 2.24) is 10.6 Å². The van der Waals surface area contributed by atoms with Crippen LogP contribution >= 0.6 is 0 Å². The molecule has 1 rings (SSSR count). The minimum absolute atomic E-state index is 0.0205. The fourth-order valence-corrected chi connectivity index (χ4v) is 1.24. The number of carbonyl (C=O) groups is 2. The second-order valence-corrected chi connectivity index (χ2v) is 3.15. The lowest BCUT2D eigenvalue weighted by Gasteiger charge is -2.08. The third-order valence-electron chi connectivity index (χ3n) is 2.13. The van der Waals surface area contributed by atoms with Gasteiger partial charge in [0.25, 0.3) is 5.91 Å². The first-order valence-electron chi connectivity index (χ1n) is 4.94. The number of hydrogen-bond acceptors (Lipinski definition) is 3. The molecule has 86 valence electrons. The Labute approximate surface area is 94.2 Å². The van der Waals surface area contributed by atoms with Gasteiger partial charge < -0.3 is 16.0 Å². The molecule has 1 aromatic carbocycles. The zero-order valence-corrected chi connectivity index (χ0v) is 9.33. The summed E-state index contributed by atoms with van der Waals surface area (Å²) in [7, 11) is 3.26. The predicted octanol–water partition coefficient (Wildman–Crippen LogP) is 0.204. The quantitative estimate of drug-likeness (QED) is 0.680. The Hall–Kier alpha value is -2.04. The van der Waals surface area contributed by atoms with Crippen molar-refractivity contribution in [3.05, 3.63) is 29.8 Å². The summed E-state index contributed by atoms with van der Waals surface area (Å²) in [5, 5.41) is 7.88. The monoisotopic (exact) mass is 221 g/mol. The minimum atomic E-state index is -0.270. The number of anilines is 1. The first-order valence-corrected chi connectivity index (χ1v) is 4.94. The van der Waals surface area contributed by atoms with E-state index in [1.165, 1.54) is 7.05 Å². The molecular formula is C11H15N3O2. The van der Waals surface area contributed by atoms with Crippen LogP contribution in [0.5, 0.6) is 0 Å². The molecule has 0 saturated carbocycles. The van der Waals surface area contributed by atoms with E-state index in [-0.39, 0.29) is 18.4 Å². The number of hydrogen-bond donors (Lipinski definition) is 3. The first kappa shape index (κ1) is 12.0. The molecule has 5 heteroatoms. The van der Waals surface area contributed by atoms with Crippen molar-refractivity contribution in [2.75, 3.05) is 26.0 Å². The molecule has 16 heavy (non-hydrogen) atoms. The maximum absolute atomic E-state index is 11.7. The molecule has 3 N–H and O–H groups in total. The third kappa shape index (κ3) is 2.98. The van der Waals surface area contributed by atoms with Gasteiger partial charge in [0.15, 0.2) is 0 Å². The number of para-hydroxylation sites is 1.